The van der Waals surface area contributed by atoms with Crippen LogP contribution >= 0.6 is 0 Å². The predicted octanol–water partition coefficient (Wildman–Crippen LogP) is 4.77. The van der Waals surface area contributed by atoms with Crippen LogP contribution in [0.4, 0.5) is 0 Å². The Labute approximate surface area is 152 Å². The fourth-order valence-electron chi connectivity index (χ4n) is 3.14. The zero-order valence-electron chi connectivity index (χ0n) is 14.8. The molecule has 0 aliphatic carbocycles. The first-order valence-electron chi connectivity index (χ1n) is 8.51. The van der Waals surface area contributed by atoms with E-state index in [0.717, 1.165) is 40.5 Å². The van der Waals surface area contributed by atoms with Gasteiger partial charge in [0.05, 0.1) is 25.3 Å². The van der Waals surface area contributed by atoms with Crippen molar-refractivity contribution in [1.82, 2.24) is 9.55 Å². The van der Waals surface area contributed by atoms with Crippen LogP contribution in [0.3, 0.4) is 0 Å². The van der Waals surface area contributed by atoms with Gasteiger partial charge in [0, 0.05) is 18.2 Å². The molecule has 0 unspecified atom stereocenters. The zero-order chi connectivity index (χ0) is 17.9. The molecule has 0 bridgehead atoms. The van der Waals surface area contributed by atoms with Crippen molar-refractivity contribution in [3.63, 3.8) is 0 Å². The normalized spacial score (nSPS) is 10.8. The SMILES string of the molecule is COc1cccc(-c2nc3ccc(OC)cc3n2Cc2ccccc2)c1. The number of hydrogen-bond donors (Lipinski definition) is 0. The first kappa shape index (κ1) is 16.2. The number of hydrogen-bond acceptors (Lipinski definition) is 3. The fourth-order valence-corrected chi connectivity index (χ4v) is 3.14. The maximum Gasteiger partial charge on any atom is 0.141 e. The number of imidazole rings is 1. The molecule has 130 valence electrons. The highest BCUT2D eigenvalue weighted by atomic mass is 16.5. The van der Waals surface area contributed by atoms with Crippen molar-refractivity contribution in [3.8, 4) is 22.9 Å². The molecule has 0 spiro atoms. The van der Waals surface area contributed by atoms with E-state index in [0.29, 0.717) is 0 Å². The molecule has 1 heterocycles. The zero-order valence-corrected chi connectivity index (χ0v) is 14.8. The third-order valence-corrected chi connectivity index (χ3v) is 4.47. The minimum absolute atomic E-state index is 0.733. The Morgan fingerprint density at radius 2 is 1.58 bits per heavy atom. The topological polar surface area (TPSA) is 36.3 Å². The quantitative estimate of drug-likeness (QED) is 0.523. The van der Waals surface area contributed by atoms with Gasteiger partial charge in [0.15, 0.2) is 0 Å². The summed E-state index contributed by atoms with van der Waals surface area (Å²) >= 11 is 0. The molecule has 0 aliphatic rings. The largest absolute Gasteiger partial charge is 0.497 e. The van der Waals surface area contributed by atoms with Crippen molar-refractivity contribution in [3.05, 3.63) is 78.4 Å². The number of ether oxygens (including phenoxy) is 2. The molecule has 26 heavy (non-hydrogen) atoms. The van der Waals surface area contributed by atoms with E-state index in [2.05, 4.69) is 34.9 Å². The van der Waals surface area contributed by atoms with Gasteiger partial charge in [-0.05, 0) is 29.8 Å². The lowest BCUT2D eigenvalue weighted by molar-refractivity contribution is 0.415. The lowest BCUT2D eigenvalue weighted by Crippen LogP contribution is -2.02. The molecule has 0 radical (unpaired) electrons. The van der Waals surface area contributed by atoms with Crippen LogP contribution in [-0.4, -0.2) is 23.8 Å². The van der Waals surface area contributed by atoms with Crippen molar-refractivity contribution in [2.24, 2.45) is 0 Å². The minimum Gasteiger partial charge on any atom is -0.497 e. The Hall–Kier alpha value is -3.27. The number of fused-ring (bicyclic) bond motifs is 1. The van der Waals surface area contributed by atoms with Crippen molar-refractivity contribution in [2.75, 3.05) is 14.2 Å². The fraction of sp³-hybridized carbons (Fsp3) is 0.136. The van der Waals surface area contributed by atoms with Crippen LogP contribution in [0.1, 0.15) is 5.56 Å². The number of nitrogens with zero attached hydrogens (tertiary/aromatic N) is 2. The van der Waals surface area contributed by atoms with E-state index < -0.39 is 0 Å². The summed E-state index contributed by atoms with van der Waals surface area (Å²) in [5.41, 5.74) is 4.24. The van der Waals surface area contributed by atoms with Gasteiger partial charge < -0.3 is 14.0 Å². The van der Waals surface area contributed by atoms with Gasteiger partial charge in [-0.25, -0.2) is 4.98 Å². The first-order valence-corrected chi connectivity index (χ1v) is 8.51. The molecule has 0 saturated carbocycles. The van der Waals surface area contributed by atoms with E-state index in [1.165, 1.54) is 5.56 Å². The molecule has 3 aromatic carbocycles. The van der Waals surface area contributed by atoms with Crippen LogP contribution in [0, 0.1) is 0 Å². The Bertz CT molecular complexity index is 1040. The highest BCUT2D eigenvalue weighted by molar-refractivity contribution is 5.82. The highest BCUT2D eigenvalue weighted by Gasteiger charge is 2.14. The molecule has 4 rings (SSSR count). The van der Waals surface area contributed by atoms with Crippen molar-refractivity contribution in [2.45, 2.75) is 6.54 Å². The van der Waals surface area contributed by atoms with Crippen molar-refractivity contribution in [1.29, 1.82) is 0 Å². The van der Waals surface area contributed by atoms with Gasteiger partial charge >= 0.3 is 0 Å². The summed E-state index contributed by atoms with van der Waals surface area (Å²) in [4.78, 5) is 4.88. The number of benzene rings is 3. The van der Waals surface area contributed by atoms with Crippen LogP contribution < -0.4 is 9.47 Å². The smallest absolute Gasteiger partial charge is 0.141 e. The van der Waals surface area contributed by atoms with Gasteiger partial charge in [-0.2, -0.15) is 0 Å². The van der Waals surface area contributed by atoms with Crippen molar-refractivity contribution < 1.29 is 9.47 Å². The van der Waals surface area contributed by atoms with Gasteiger partial charge in [-0.1, -0.05) is 42.5 Å². The van der Waals surface area contributed by atoms with E-state index >= 15 is 0 Å². The second-order valence-electron chi connectivity index (χ2n) is 6.09. The van der Waals surface area contributed by atoms with Gasteiger partial charge in [0.1, 0.15) is 17.3 Å². The average Bonchev–Trinajstić information content (AvgIpc) is 3.06. The summed E-state index contributed by atoms with van der Waals surface area (Å²) < 4.78 is 13.0. The second-order valence-corrected chi connectivity index (χ2v) is 6.09. The van der Waals surface area contributed by atoms with E-state index in [9.17, 15) is 0 Å². The Kier molecular flexibility index (Phi) is 4.32. The molecular weight excluding hydrogens is 324 g/mol. The Morgan fingerprint density at radius 3 is 2.35 bits per heavy atom. The molecule has 4 nitrogen and oxygen atoms in total. The Balaban J connectivity index is 1.91. The molecule has 1 aromatic heterocycles. The van der Waals surface area contributed by atoms with Gasteiger partial charge in [0.2, 0.25) is 0 Å². The van der Waals surface area contributed by atoms with Crippen LogP contribution in [0.15, 0.2) is 72.8 Å². The van der Waals surface area contributed by atoms with E-state index in [4.69, 9.17) is 14.5 Å². The molecular formula is C22H20N2O2. The third-order valence-electron chi connectivity index (χ3n) is 4.47. The summed E-state index contributed by atoms with van der Waals surface area (Å²) in [6.45, 7) is 0.733. The van der Waals surface area contributed by atoms with Gasteiger partial charge in [-0.3, -0.25) is 0 Å². The lowest BCUT2D eigenvalue weighted by Gasteiger charge is -2.11. The van der Waals surface area contributed by atoms with Gasteiger partial charge in [0.25, 0.3) is 0 Å². The molecule has 0 aliphatic heterocycles. The van der Waals surface area contributed by atoms with E-state index in [1.807, 2.05) is 42.5 Å². The summed E-state index contributed by atoms with van der Waals surface area (Å²) in [7, 11) is 3.36. The van der Waals surface area contributed by atoms with Gasteiger partial charge in [-0.15, -0.1) is 0 Å². The third kappa shape index (κ3) is 3.02. The van der Waals surface area contributed by atoms with Crippen LogP contribution in [0.2, 0.25) is 0 Å². The van der Waals surface area contributed by atoms with E-state index in [1.54, 1.807) is 14.2 Å². The molecule has 0 N–H and O–H groups in total. The average molecular weight is 344 g/mol. The summed E-state index contributed by atoms with van der Waals surface area (Å²) in [5, 5.41) is 0. The molecule has 0 amide bonds. The number of methoxy groups -OCH3 is 2. The minimum atomic E-state index is 0.733. The monoisotopic (exact) mass is 344 g/mol. The highest BCUT2D eigenvalue weighted by Crippen LogP contribution is 2.30. The maximum absolute atomic E-state index is 5.42. The number of aromatic nitrogens is 2. The molecule has 4 heteroatoms. The molecule has 4 aromatic rings. The molecule has 0 fully saturated rings. The van der Waals surface area contributed by atoms with Crippen LogP contribution in [0.25, 0.3) is 22.4 Å². The van der Waals surface area contributed by atoms with Crippen molar-refractivity contribution >= 4 is 11.0 Å². The maximum atomic E-state index is 5.42. The van der Waals surface area contributed by atoms with Crippen LogP contribution in [-0.2, 0) is 6.54 Å². The summed E-state index contributed by atoms with van der Waals surface area (Å²) in [6, 6.07) is 24.4. The standard InChI is InChI=1S/C22H20N2O2/c1-25-18-10-6-9-17(13-18)22-23-20-12-11-19(26-2)14-21(20)24(22)15-16-7-4-3-5-8-16/h3-14H,15H2,1-2H3. The summed E-state index contributed by atoms with van der Waals surface area (Å²) in [5.74, 6) is 2.55. The van der Waals surface area contributed by atoms with Crippen LogP contribution in [0.5, 0.6) is 11.5 Å². The molecule has 0 saturated heterocycles. The molecule has 0 atom stereocenters. The Morgan fingerprint density at radius 1 is 0.808 bits per heavy atom. The first-order chi connectivity index (χ1) is 12.8. The summed E-state index contributed by atoms with van der Waals surface area (Å²) in [6.07, 6.45) is 0. The number of rotatable bonds is 5. The van der Waals surface area contributed by atoms with E-state index in [-0.39, 0.29) is 0 Å². The predicted molar refractivity (Wildman–Crippen MR) is 104 cm³/mol. The lowest BCUT2D eigenvalue weighted by atomic mass is 10.2. The second kappa shape index (κ2) is 6.92.